The number of fused-ring (bicyclic) bond motifs is 1. The van der Waals surface area contributed by atoms with Gasteiger partial charge in [0.05, 0.1) is 5.56 Å². The molecule has 0 amide bonds. The molecule has 0 fully saturated rings. The van der Waals surface area contributed by atoms with Gasteiger partial charge in [0.2, 0.25) is 0 Å². The third-order valence-electron chi connectivity index (χ3n) is 1.85. The van der Waals surface area contributed by atoms with Crippen molar-refractivity contribution in [2.24, 2.45) is 0 Å². The highest BCUT2D eigenvalue weighted by Crippen LogP contribution is 2.33. The van der Waals surface area contributed by atoms with E-state index >= 15 is 0 Å². The lowest BCUT2D eigenvalue weighted by molar-refractivity contribution is 1.52. The van der Waals surface area contributed by atoms with Crippen molar-refractivity contribution < 1.29 is 0 Å². The van der Waals surface area contributed by atoms with Gasteiger partial charge in [-0.15, -0.1) is 11.3 Å². The van der Waals surface area contributed by atoms with Crippen LogP contribution in [-0.4, -0.2) is 0 Å². The second-order valence-corrected chi connectivity index (χ2v) is 3.79. The van der Waals surface area contributed by atoms with Crippen molar-refractivity contribution in [3.63, 3.8) is 0 Å². The van der Waals surface area contributed by atoms with Crippen LogP contribution in [0.2, 0.25) is 0 Å². The molecule has 1 aromatic heterocycles. The highest BCUT2D eigenvalue weighted by Gasteiger charge is 2.08. The second kappa shape index (κ2) is 2.64. The highest BCUT2D eigenvalue weighted by molar-refractivity contribution is 7.23. The lowest BCUT2D eigenvalue weighted by Gasteiger charge is -1.92. The van der Waals surface area contributed by atoms with Crippen molar-refractivity contribution >= 4 is 32.1 Å². The molecule has 0 saturated carbocycles. The quantitative estimate of drug-likeness (QED) is 0.622. The van der Waals surface area contributed by atoms with Crippen molar-refractivity contribution in [2.75, 3.05) is 11.5 Å². The molecule has 0 saturated heterocycles. The zero-order valence-electron chi connectivity index (χ0n) is 6.74. The zero-order valence-corrected chi connectivity index (χ0v) is 7.56. The number of benzene rings is 1. The minimum atomic E-state index is 0.535. The molecular weight excluding hydrogens is 182 g/mol. The number of anilines is 2. The van der Waals surface area contributed by atoms with Crippen LogP contribution in [0.25, 0.3) is 10.1 Å². The smallest absolute Gasteiger partial charge is 0.105 e. The summed E-state index contributed by atoms with van der Waals surface area (Å²) in [5, 5.41) is 10.2. The summed E-state index contributed by atoms with van der Waals surface area (Å²) < 4.78 is 1.00. The number of rotatable bonds is 0. The molecule has 1 aromatic carbocycles. The third-order valence-corrected chi connectivity index (χ3v) is 2.85. The number of nitrogens with two attached hydrogens (primary N) is 2. The van der Waals surface area contributed by atoms with E-state index in [1.807, 2.05) is 6.07 Å². The lowest BCUT2D eigenvalue weighted by Crippen LogP contribution is -1.84. The summed E-state index contributed by atoms with van der Waals surface area (Å²) in [7, 11) is 0. The average molecular weight is 189 g/mol. The van der Waals surface area contributed by atoms with E-state index in [1.165, 1.54) is 11.3 Å². The molecule has 2 aromatic rings. The summed E-state index contributed by atoms with van der Waals surface area (Å²) in [5.74, 6) is 0. The maximum atomic E-state index is 8.83. The largest absolute Gasteiger partial charge is 0.399 e. The van der Waals surface area contributed by atoms with Gasteiger partial charge in [-0.05, 0) is 18.2 Å². The van der Waals surface area contributed by atoms with Gasteiger partial charge in [-0.3, -0.25) is 0 Å². The first-order chi connectivity index (χ1) is 6.22. The molecule has 13 heavy (non-hydrogen) atoms. The number of hydrogen-bond acceptors (Lipinski definition) is 4. The molecule has 3 nitrogen and oxygen atoms in total. The van der Waals surface area contributed by atoms with Gasteiger partial charge >= 0.3 is 0 Å². The monoisotopic (exact) mass is 189 g/mol. The number of nitrogens with zero attached hydrogens (tertiary/aromatic N) is 1. The SMILES string of the molecule is N#Cc1c(N)sc2ccc(N)cc12. The molecule has 4 heteroatoms. The fourth-order valence-corrected chi connectivity index (χ4v) is 2.15. The van der Waals surface area contributed by atoms with Gasteiger partial charge in [-0.1, -0.05) is 0 Å². The number of hydrogen-bond donors (Lipinski definition) is 2. The Kier molecular flexibility index (Phi) is 1.61. The molecule has 0 bridgehead atoms. The van der Waals surface area contributed by atoms with Gasteiger partial charge in [0.1, 0.15) is 11.1 Å². The van der Waals surface area contributed by atoms with Crippen molar-refractivity contribution in [1.29, 1.82) is 5.26 Å². The van der Waals surface area contributed by atoms with Crippen LogP contribution in [0, 0.1) is 11.3 Å². The first-order valence-electron chi connectivity index (χ1n) is 3.70. The van der Waals surface area contributed by atoms with Crippen LogP contribution < -0.4 is 11.5 Å². The Balaban J connectivity index is 2.91. The van der Waals surface area contributed by atoms with Gasteiger partial charge in [-0.25, -0.2) is 0 Å². The van der Waals surface area contributed by atoms with Crippen LogP contribution in [0.4, 0.5) is 10.7 Å². The summed E-state index contributed by atoms with van der Waals surface area (Å²) in [6, 6.07) is 7.54. The van der Waals surface area contributed by atoms with E-state index < -0.39 is 0 Å². The normalized spacial score (nSPS) is 10.1. The molecule has 0 spiro atoms. The maximum Gasteiger partial charge on any atom is 0.105 e. The Morgan fingerprint density at radius 1 is 1.31 bits per heavy atom. The van der Waals surface area contributed by atoms with E-state index in [1.54, 1.807) is 12.1 Å². The summed E-state index contributed by atoms with van der Waals surface area (Å²) in [5.41, 5.74) is 12.5. The Hall–Kier alpha value is -1.73. The van der Waals surface area contributed by atoms with E-state index in [9.17, 15) is 0 Å². The zero-order chi connectivity index (χ0) is 9.42. The molecule has 0 aliphatic carbocycles. The number of thiophene rings is 1. The number of nitrogen functional groups attached to an aromatic ring is 2. The molecule has 4 N–H and O–H groups in total. The molecule has 0 unspecified atom stereocenters. The van der Waals surface area contributed by atoms with Crippen LogP contribution in [0.5, 0.6) is 0 Å². The molecule has 0 aliphatic heterocycles. The Morgan fingerprint density at radius 2 is 2.08 bits per heavy atom. The maximum absolute atomic E-state index is 8.83. The van der Waals surface area contributed by atoms with Gasteiger partial charge < -0.3 is 11.5 Å². The second-order valence-electron chi connectivity index (χ2n) is 2.71. The van der Waals surface area contributed by atoms with Crippen LogP contribution in [0.15, 0.2) is 18.2 Å². The minimum Gasteiger partial charge on any atom is -0.399 e. The van der Waals surface area contributed by atoms with Gasteiger partial charge in [0.15, 0.2) is 0 Å². The van der Waals surface area contributed by atoms with E-state index in [2.05, 4.69) is 6.07 Å². The fraction of sp³-hybridized carbons (Fsp3) is 0. The predicted molar refractivity (Wildman–Crippen MR) is 55.4 cm³/mol. The van der Waals surface area contributed by atoms with Crippen LogP contribution >= 0.6 is 11.3 Å². The molecule has 64 valence electrons. The summed E-state index contributed by atoms with van der Waals surface area (Å²) in [6.45, 7) is 0. The van der Waals surface area contributed by atoms with Crippen molar-refractivity contribution in [3.05, 3.63) is 23.8 Å². The van der Waals surface area contributed by atoms with Gasteiger partial charge in [0, 0.05) is 15.8 Å². The first kappa shape index (κ1) is 7.90. The summed E-state index contributed by atoms with van der Waals surface area (Å²) >= 11 is 1.41. The van der Waals surface area contributed by atoms with E-state index in [0.29, 0.717) is 16.3 Å². The molecular formula is C9H7N3S. The molecule has 0 atom stereocenters. The molecule has 0 radical (unpaired) electrons. The molecule has 2 rings (SSSR count). The van der Waals surface area contributed by atoms with Crippen molar-refractivity contribution in [1.82, 2.24) is 0 Å². The standard InChI is InChI=1S/C9H7N3S/c10-4-7-6-3-5(11)1-2-8(6)13-9(7)12/h1-3H,11-12H2. The summed E-state index contributed by atoms with van der Waals surface area (Å²) in [6.07, 6.45) is 0. The fourth-order valence-electron chi connectivity index (χ4n) is 1.25. The Labute approximate surface area is 79.2 Å². The Morgan fingerprint density at radius 3 is 2.77 bits per heavy atom. The lowest BCUT2D eigenvalue weighted by atomic mass is 10.1. The minimum absolute atomic E-state index is 0.535. The predicted octanol–water partition coefficient (Wildman–Crippen LogP) is 1.94. The topological polar surface area (TPSA) is 75.8 Å². The van der Waals surface area contributed by atoms with Crippen molar-refractivity contribution in [2.45, 2.75) is 0 Å². The van der Waals surface area contributed by atoms with E-state index in [0.717, 1.165) is 10.1 Å². The van der Waals surface area contributed by atoms with Gasteiger partial charge in [-0.2, -0.15) is 5.26 Å². The highest BCUT2D eigenvalue weighted by atomic mass is 32.1. The number of nitriles is 1. The molecule has 1 heterocycles. The Bertz CT molecular complexity index is 507. The third kappa shape index (κ3) is 1.10. The average Bonchev–Trinajstić information content (AvgIpc) is 2.40. The van der Waals surface area contributed by atoms with Crippen LogP contribution in [-0.2, 0) is 0 Å². The van der Waals surface area contributed by atoms with Crippen LogP contribution in [0.1, 0.15) is 5.56 Å². The summed E-state index contributed by atoms with van der Waals surface area (Å²) in [4.78, 5) is 0. The van der Waals surface area contributed by atoms with E-state index in [-0.39, 0.29) is 0 Å². The first-order valence-corrected chi connectivity index (χ1v) is 4.51. The van der Waals surface area contributed by atoms with Crippen molar-refractivity contribution in [3.8, 4) is 6.07 Å². The molecule has 0 aliphatic rings. The van der Waals surface area contributed by atoms with Crippen LogP contribution in [0.3, 0.4) is 0 Å². The van der Waals surface area contributed by atoms with Gasteiger partial charge in [0.25, 0.3) is 0 Å². The van der Waals surface area contributed by atoms with E-state index in [4.69, 9.17) is 16.7 Å².